The first-order valence-corrected chi connectivity index (χ1v) is 8.14. The predicted octanol–water partition coefficient (Wildman–Crippen LogP) is 2.07. The quantitative estimate of drug-likeness (QED) is 0.874. The van der Waals surface area contributed by atoms with Crippen LogP contribution in [0.1, 0.15) is 22.3 Å². The molecule has 0 saturated carbocycles. The summed E-state index contributed by atoms with van der Waals surface area (Å²) in [6.07, 6.45) is 1.55. The lowest BCUT2D eigenvalue weighted by Gasteiger charge is -2.24. The first-order valence-electron chi connectivity index (χ1n) is 6.99. The summed E-state index contributed by atoms with van der Waals surface area (Å²) >= 11 is 1.87. The smallest absolute Gasteiger partial charge is 0.335 e. The van der Waals surface area contributed by atoms with E-state index in [0.717, 1.165) is 23.5 Å². The van der Waals surface area contributed by atoms with E-state index in [0.29, 0.717) is 24.6 Å². The van der Waals surface area contributed by atoms with Gasteiger partial charge in [0.2, 0.25) is 0 Å². The first-order chi connectivity index (χ1) is 10.1. The van der Waals surface area contributed by atoms with Crippen molar-refractivity contribution in [2.75, 3.05) is 25.1 Å². The van der Waals surface area contributed by atoms with Crippen LogP contribution in [0.4, 0.5) is 4.79 Å². The van der Waals surface area contributed by atoms with Crippen molar-refractivity contribution in [3.63, 3.8) is 0 Å². The van der Waals surface area contributed by atoms with Crippen LogP contribution in [0, 0.1) is 0 Å². The van der Waals surface area contributed by atoms with Gasteiger partial charge in [-0.25, -0.2) is 9.59 Å². The Labute approximate surface area is 128 Å². The van der Waals surface area contributed by atoms with Crippen LogP contribution in [0.15, 0.2) is 24.3 Å². The van der Waals surface area contributed by atoms with Crippen LogP contribution >= 0.6 is 11.8 Å². The Bertz CT molecular complexity index is 515. The Kier molecular flexibility index (Phi) is 5.50. The third-order valence-electron chi connectivity index (χ3n) is 3.69. The molecule has 6 heteroatoms. The molecule has 0 aliphatic carbocycles. The van der Waals surface area contributed by atoms with Crippen LogP contribution in [0.3, 0.4) is 0 Å². The fourth-order valence-electron chi connectivity index (χ4n) is 2.37. The molecule has 0 aromatic heterocycles. The molecule has 2 amide bonds. The summed E-state index contributed by atoms with van der Waals surface area (Å²) < 4.78 is 0. The van der Waals surface area contributed by atoms with E-state index in [1.807, 2.05) is 24.9 Å². The molecule has 1 atom stereocenters. The van der Waals surface area contributed by atoms with Crippen molar-refractivity contribution < 1.29 is 14.7 Å². The zero-order chi connectivity index (χ0) is 15.2. The molecule has 5 nitrogen and oxygen atoms in total. The number of carboxylic acids is 1. The number of aromatic carboxylic acids is 1. The highest BCUT2D eigenvalue weighted by Gasteiger charge is 2.23. The Morgan fingerprint density at radius 1 is 1.43 bits per heavy atom. The van der Waals surface area contributed by atoms with E-state index in [1.54, 1.807) is 23.1 Å². The van der Waals surface area contributed by atoms with Crippen molar-refractivity contribution >= 4 is 23.8 Å². The molecule has 1 saturated heterocycles. The van der Waals surface area contributed by atoms with Crippen molar-refractivity contribution in [1.82, 2.24) is 10.2 Å². The van der Waals surface area contributed by atoms with Gasteiger partial charge in [0.15, 0.2) is 0 Å². The molecule has 114 valence electrons. The molecule has 0 spiro atoms. The molecule has 1 aliphatic heterocycles. The molecule has 1 aliphatic rings. The maximum atomic E-state index is 12.0. The number of carbonyl (C=O) groups excluding carboxylic acids is 1. The van der Waals surface area contributed by atoms with Gasteiger partial charge in [0.1, 0.15) is 0 Å². The Morgan fingerprint density at radius 3 is 2.86 bits per heavy atom. The minimum atomic E-state index is -0.933. The zero-order valence-electron chi connectivity index (χ0n) is 12.0. The van der Waals surface area contributed by atoms with Gasteiger partial charge in [0, 0.05) is 25.4 Å². The average molecular weight is 308 g/mol. The number of carboxylic acid groups (broad SMARTS) is 1. The number of urea groups is 1. The van der Waals surface area contributed by atoms with Gasteiger partial charge in [0.25, 0.3) is 0 Å². The second kappa shape index (κ2) is 7.36. The van der Waals surface area contributed by atoms with E-state index < -0.39 is 5.97 Å². The Hall–Kier alpha value is -1.69. The van der Waals surface area contributed by atoms with Crippen LogP contribution in [0.2, 0.25) is 0 Å². The van der Waals surface area contributed by atoms with Crippen LogP contribution in [0.5, 0.6) is 0 Å². The maximum Gasteiger partial charge on any atom is 0.335 e. The number of benzene rings is 1. The predicted molar refractivity (Wildman–Crippen MR) is 84.0 cm³/mol. The summed E-state index contributed by atoms with van der Waals surface area (Å²) in [5.41, 5.74) is 1.04. The molecule has 21 heavy (non-hydrogen) atoms. The molecule has 1 aromatic rings. The molecule has 0 bridgehead atoms. The van der Waals surface area contributed by atoms with Crippen LogP contribution in [0.25, 0.3) is 0 Å². The molecule has 2 N–H and O–H groups in total. The van der Waals surface area contributed by atoms with E-state index in [9.17, 15) is 9.59 Å². The van der Waals surface area contributed by atoms with Crippen molar-refractivity contribution in [3.8, 4) is 0 Å². The topological polar surface area (TPSA) is 69.6 Å². The van der Waals surface area contributed by atoms with Crippen LogP contribution < -0.4 is 5.32 Å². The van der Waals surface area contributed by atoms with Gasteiger partial charge in [-0.2, -0.15) is 11.8 Å². The summed E-state index contributed by atoms with van der Waals surface area (Å²) in [5, 5.41) is 12.0. The molecule has 1 unspecified atom stereocenters. The van der Waals surface area contributed by atoms with E-state index in [4.69, 9.17) is 5.11 Å². The molecule has 0 radical (unpaired) electrons. The fraction of sp³-hybridized carbons (Fsp3) is 0.467. The number of nitrogens with zero attached hydrogens (tertiary/aromatic N) is 1. The van der Waals surface area contributed by atoms with Crippen molar-refractivity contribution in [2.24, 2.45) is 0 Å². The molecular formula is C15H20N2O3S. The fourth-order valence-corrected chi connectivity index (χ4v) is 3.64. The van der Waals surface area contributed by atoms with Gasteiger partial charge >= 0.3 is 12.0 Å². The first kappa shape index (κ1) is 15.7. The van der Waals surface area contributed by atoms with Gasteiger partial charge in [-0.15, -0.1) is 0 Å². The van der Waals surface area contributed by atoms with Gasteiger partial charge in [-0.3, -0.25) is 0 Å². The highest BCUT2D eigenvalue weighted by Crippen LogP contribution is 2.21. The number of rotatable bonds is 5. The van der Waals surface area contributed by atoms with Gasteiger partial charge in [-0.1, -0.05) is 18.2 Å². The largest absolute Gasteiger partial charge is 0.478 e. The third kappa shape index (κ3) is 4.14. The maximum absolute atomic E-state index is 12.0. The van der Waals surface area contributed by atoms with Gasteiger partial charge < -0.3 is 15.3 Å². The normalized spacial score (nSPS) is 17.5. The monoisotopic (exact) mass is 308 g/mol. The molecular weight excluding hydrogens is 288 g/mol. The van der Waals surface area contributed by atoms with E-state index in [2.05, 4.69) is 5.32 Å². The Balaban J connectivity index is 1.84. The zero-order valence-corrected chi connectivity index (χ0v) is 12.9. The van der Waals surface area contributed by atoms with Crippen molar-refractivity contribution in [1.29, 1.82) is 0 Å². The summed E-state index contributed by atoms with van der Waals surface area (Å²) in [4.78, 5) is 24.9. The highest BCUT2D eigenvalue weighted by atomic mass is 32.2. The lowest BCUT2D eigenvalue weighted by molar-refractivity contribution is 0.0695. The van der Waals surface area contributed by atoms with E-state index in [1.165, 1.54) is 0 Å². The standard InChI is InChI=1S/C15H20N2O3S/c1-17(12-7-9-21-10-12)15(20)16-8-6-11-4-2-3-5-13(11)14(18)19/h2-5,12H,6-10H2,1H3,(H,16,20)(H,18,19). The lowest BCUT2D eigenvalue weighted by atomic mass is 10.0. The van der Waals surface area contributed by atoms with Crippen molar-refractivity contribution in [2.45, 2.75) is 18.9 Å². The Morgan fingerprint density at radius 2 is 2.19 bits per heavy atom. The average Bonchev–Trinajstić information content (AvgIpc) is 3.00. The van der Waals surface area contributed by atoms with Gasteiger partial charge in [0.05, 0.1) is 5.56 Å². The van der Waals surface area contributed by atoms with Crippen LogP contribution in [-0.4, -0.2) is 53.1 Å². The number of thioether (sulfide) groups is 1. The number of amides is 2. The second-order valence-electron chi connectivity index (χ2n) is 5.07. The van der Waals surface area contributed by atoms with Gasteiger partial charge in [-0.05, 0) is 30.2 Å². The number of hydrogen-bond donors (Lipinski definition) is 2. The highest BCUT2D eigenvalue weighted by molar-refractivity contribution is 7.99. The molecule has 2 rings (SSSR count). The minimum Gasteiger partial charge on any atom is -0.478 e. The van der Waals surface area contributed by atoms with E-state index in [-0.39, 0.29) is 6.03 Å². The minimum absolute atomic E-state index is 0.0877. The molecule has 1 aromatic carbocycles. The lowest BCUT2D eigenvalue weighted by Crippen LogP contribution is -2.44. The number of nitrogens with one attached hydrogen (secondary N) is 1. The molecule has 1 heterocycles. The van der Waals surface area contributed by atoms with Crippen molar-refractivity contribution in [3.05, 3.63) is 35.4 Å². The second-order valence-corrected chi connectivity index (χ2v) is 6.22. The summed E-state index contributed by atoms with van der Waals surface area (Å²) in [6, 6.07) is 7.10. The third-order valence-corrected chi connectivity index (χ3v) is 4.84. The number of hydrogen-bond acceptors (Lipinski definition) is 3. The number of carbonyl (C=O) groups is 2. The van der Waals surface area contributed by atoms with E-state index >= 15 is 0 Å². The van der Waals surface area contributed by atoms with Crippen LogP contribution in [-0.2, 0) is 6.42 Å². The summed E-state index contributed by atoms with van der Waals surface area (Å²) in [6.45, 7) is 0.438. The summed E-state index contributed by atoms with van der Waals surface area (Å²) in [7, 11) is 1.82. The molecule has 1 fully saturated rings. The SMILES string of the molecule is CN(C(=O)NCCc1ccccc1C(=O)O)C1CCSC1. The summed E-state index contributed by atoms with van der Waals surface area (Å²) in [5.74, 6) is 1.16.